The molecule has 1 N–H and O–H groups in total. The fraction of sp³-hybridized carbons (Fsp3) is 0.333. The Balaban J connectivity index is 1.87. The molecule has 5 nitrogen and oxygen atoms in total. The number of halogens is 1. The predicted molar refractivity (Wildman–Crippen MR) is 100 cm³/mol. The fourth-order valence-corrected chi connectivity index (χ4v) is 2.45. The second-order valence-corrected chi connectivity index (χ2v) is 6.51. The third-order valence-corrected chi connectivity index (χ3v) is 3.91. The van der Waals surface area contributed by atoms with Crippen LogP contribution in [0.3, 0.4) is 0 Å². The van der Waals surface area contributed by atoms with E-state index < -0.39 is 17.8 Å². The summed E-state index contributed by atoms with van der Waals surface area (Å²) in [6.45, 7) is 5.50. The molecule has 144 valence electrons. The molecule has 0 unspecified atom stereocenters. The van der Waals surface area contributed by atoms with Crippen molar-refractivity contribution in [2.75, 3.05) is 13.2 Å². The van der Waals surface area contributed by atoms with Gasteiger partial charge in [-0.05, 0) is 37.1 Å². The van der Waals surface area contributed by atoms with Crippen LogP contribution in [0.2, 0.25) is 0 Å². The molecule has 1 amide bonds. The number of para-hydroxylation sites is 1. The number of amides is 1. The van der Waals surface area contributed by atoms with Crippen LogP contribution in [0.15, 0.2) is 48.5 Å². The van der Waals surface area contributed by atoms with Gasteiger partial charge in [0.15, 0.2) is 11.6 Å². The van der Waals surface area contributed by atoms with Crippen molar-refractivity contribution in [3.05, 3.63) is 65.5 Å². The molecular formula is C21H24FNO4. The summed E-state index contributed by atoms with van der Waals surface area (Å²) in [6, 6.07) is 12.3. The van der Waals surface area contributed by atoms with E-state index in [1.165, 1.54) is 12.1 Å². The second-order valence-electron chi connectivity index (χ2n) is 6.51. The van der Waals surface area contributed by atoms with Crippen molar-refractivity contribution >= 4 is 11.9 Å². The molecule has 0 radical (unpaired) electrons. The number of carbonyl (C=O) groups excluding carboxylic acids is 2. The molecule has 0 aliphatic rings. The maximum atomic E-state index is 13.5. The lowest BCUT2D eigenvalue weighted by Gasteiger charge is -2.21. The van der Waals surface area contributed by atoms with E-state index in [1.54, 1.807) is 30.3 Å². The van der Waals surface area contributed by atoms with Crippen molar-refractivity contribution in [1.82, 2.24) is 5.32 Å². The normalized spacial score (nSPS) is 11.7. The summed E-state index contributed by atoms with van der Waals surface area (Å²) in [4.78, 5) is 24.7. The van der Waals surface area contributed by atoms with Gasteiger partial charge in [-0.2, -0.15) is 0 Å². The van der Waals surface area contributed by atoms with E-state index in [9.17, 15) is 14.0 Å². The highest BCUT2D eigenvalue weighted by Crippen LogP contribution is 2.15. The minimum absolute atomic E-state index is 0.0172. The van der Waals surface area contributed by atoms with Crippen molar-refractivity contribution in [3.63, 3.8) is 0 Å². The lowest BCUT2D eigenvalue weighted by atomic mass is 10.0. The first-order chi connectivity index (χ1) is 12.9. The van der Waals surface area contributed by atoms with Gasteiger partial charge >= 0.3 is 5.97 Å². The molecule has 0 aliphatic heterocycles. The Morgan fingerprint density at radius 3 is 2.48 bits per heavy atom. The van der Waals surface area contributed by atoms with Gasteiger partial charge in [0.1, 0.15) is 19.3 Å². The van der Waals surface area contributed by atoms with Crippen LogP contribution in [0.1, 0.15) is 29.8 Å². The molecule has 6 heteroatoms. The van der Waals surface area contributed by atoms with Crippen LogP contribution in [0.25, 0.3) is 0 Å². The summed E-state index contributed by atoms with van der Waals surface area (Å²) in [5.41, 5.74) is 1.44. The molecule has 0 aromatic heterocycles. The molecule has 0 saturated heterocycles. The minimum atomic E-state index is -0.786. The molecule has 0 aliphatic carbocycles. The molecular weight excluding hydrogens is 349 g/mol. The summed E-state index contributed by atoms with van der Waals surface area (Å²) >= 11 is 0. The van der Waals surface area contributed by atoms with E-state index >= 15 is 0 Å². The second kappa shape index (κ2) is 9.71. The maximum Gasteiger partial charge on any atom is 0.329 e. The Labute approximate surface area is 158 Å². The van der Waals surface area contributed by atoms with E-state index in [4.69, 9.17) is 9.47 Å². The van der Waals surface area contributed by atoms with Crippen LogP contribution in [0.5, 0.6) is 5.75 Å². The summed E-state index contributed by atoms with van der Waals surface area (Å²) in [5.74, 6) is -1.42. The number of rotatable bonds is 8. The van der Waals surface area contributed by atoms with Crippen LogP contribution >= 0.6 is 0 Å². The van der Waals surface area contributed by atoms with Gasteiger partial charge in [-0.1, -0.05) is 43.7 Å². The molecule has 1 atom stereocenters. The van der Waals surface area contributed by atoms with Crippen LogP contribution in [-0.4, -0.2) is 31.1 Å². The largest absolute Gasteiger partial charge is 0.487 e. The molecule has 0 fully saturated rings. The fourth-order valence-electron chi connectivity index (χ4n) is 2.45. The predicted octanol–water partition coefficient (Wildman–Crippen LogP) is 3.51. The third kappa shape index (κ3) is 6.09. The Kier molecular flexibility index (Phi) is 7.34. The monoisotopic (exact) mass is 373 g/mol. The van der Waals surface area contributed by atoms with Gasteiger partial charge in [-0.3, -0.25) is 4.79 Å². The van der Waals surface area contributed by atoms with Crippen LogP contribution in [0, 0.1) is 18.7 Å². The van der Waals surface area contributed by atoms with Gasteiger partial charge in [-0.25, -0.2) is 9.18 Å². The highest BCUT2D eigenvalue weighted by molar-refractivity contribution is 5.97. The number of esters is 1. The first-order valence-corrected chi connectivity index (χ1v) is 8.80. The Hall–Kier alpha value is -2.89. The van der Waals surface area contributed by atoms with Crippen LogP contribution in [0.4, 0.5) is 4.39 Å². The highest BCUT2D eigenvalue weighted by Gasteiger charge is 2.26. The molecule has 2 aromatic carbocycles. The van der Waals surface area contributed by atoms with Crippen molar-refractivity contribution in [3.8, 4) is 5.75 Å². The number of aryl methyl sites for hydroxylation is 1. The van der Waals surface area contributed by atoms with Crippen LogP contribution < -0.4 is 10.1 Å². The van der Waals surface area contributed by atoms with E-state index in [2.05, 4.69) is 5.32 Å². The van der Waals surface area contributed by atoms with Gasteiger partial charge in [0.2, 0.25) is 0 Å². The van der Waals surface area contributed by atoms with Crippen molar-refractivity contribution < 1.29 is 23.5 Å². The summed E-state index contributed by atoms with van der Waals surface area (Å²) < 4.78 is 23.9. The van der Waals surface area contributed by atoms with E-state index in [0.29, 0.717) is 5.56 Å². The first-order valence-electron chi connectivity index (χ1n) is 8.80. The zero-order valence-corrected chi connectivity index (χ0v) is 15.7. The van der Waals surface area contributed by atoms with E-state index in [-0.39, 0.29) is 30.8 Å². The van der Waals surface area contributed by atoms with Crippen molar-refractivity contribution in [2.24, 2.45) is 5.92 Å². The van der Waals surface area contributed by atoms with Gasteiger partial charge < -0.3 is 14.8 Å². The van der Waals surface area contributed by atoms with Gasteiger partial charge in [-0.15, -0.1) is 0 Å². The Morgan fingerprint density at radius 1 is 1.07 bits per heavy atom. The minimum Gasteiger partial charge on any atom is -0.487 e. The summed E-state index contributed by atoms with van der Waals surface area (Å²) in [5, 5.41) is 2.71. The van der Waals surface area contributed by atoms with E-state index in [0.717, 1.165) is 5.56 Å². The zero-order valence-electron chi connectivity index (χ0n) is 15.7. The van der Waals surface area contributed by atoms with Gasteiger partial charge in [0, 0.05) is 5.56 Å². The SMILES string of the molecule is Cc1cccc(C(=O)N[C@@H](C(=O)OCCOc2ccccc2F)C(C)C)c1. The number of hydrogen-bond acceptors (Lipinski definition) is 4. The smallest absolute Gasteiger partial charge is 0.329 e. The van der Waals surface area contributed by atoms with Crippen molar-refractivity contribution in [1.29, 1.82) is 0 Å². The highest BCUT2D eigenvalue weighted by atomic mass is 19.1. The lowest BCUT2D eigenvalue weighted by Crippen LogP contribution is -2.45. The third-order valence-electron chi connectivity index (χ3n) is 3.91. The average Bonchev–Trinajstić information content (AvgIpc) is 2.64. The Bertz CT molecular complexity index is 791. The number of ether oxygens (including phenoxy) is 2. The maximum absolute atomic E-state index is 13.5. The number of carbonyl (C=O) groups is 2. The van der Waals surface area contributed by atoms with Crippen molar-refractivity contribution in [2.45, 2.75) is 26.8 Å². The van der Waals surface area contributed by atoms with E-state index in [1.807, 2.05) is 26.8 Å². The molecule has 0 spiro atoms. The molecule has 2 rings (SSSR count). The molecule has 0 saturated carbocycles. The molecule has 0 bridgehead atoms. The quantitative estimate of drug-likeness (QED) is 0.568. The zero-order chi connectivity index (χ0) is 19.8. The first kappa shape index (κ1) is 20.4. The average molecular weight is 373 g/mol. The topological polar surface area (TPSA) is 64.6 Å². The molecule has 0 heterocycles. The summed E-state index contributed by atoms with van der Waals surface area (Å²) in [7, 11) is 0. The van der Waals surface area contributed by atoms with Gasteiger partial charge in [0.05, 0.1) is 0 Å². The lowest BCUT2D eigenvalue weighted by molar-refractivity contribution is -0.147. The Morgan fingerprint density at radius 2 is 1.81 bits per heavy atom. The number of benzene rings is 2. The van der Waals surface area contributed by atoms with Crippen LogP contribution in [-0.2, 0) is 9.53 Å². The number of nitrogens with one attached hydrogen (secondary N) is 1. The summed E-state index contributed by atoms with van der Waals surface area (Å²) in [6.07, 6.45) is 0. The number of hydrogen-bond donors (Lipinski definition) is 1. The van der Waals surface area contributed by atoms with Gasteiger partial charge in [0.25, 0.3) is 5.91 Å². The standard InChI is InChI=1S/C21H24FNO4/c1-14(2)19(23-20(24)16-8-6-7-15(3)13-16)21(25)27-12-11-26-18-10-5-4-9-17(18)22/h4-10,13-14,19H,11-12H2,1-3H3,(H,23,24)/t19-/m1/s1. The molecule has 2 aromatic rings. The molecule has 27 heavy (non-hydrogen) atoms.